The van der Waals surface area contributed by atoms with Gasteiger partial charge >= 0.3 is 0 Å². The summed E-state index contributed by atoms with van der Waals surface area (Å²) in [5, 5.41) is 3.71. The molecule has 0 aromatic heterocycles. The van der Waals surface area contributed by atoms with E-state index in [0.717, 1.165) is 19.1 Å². The van der Waals surface area contributed by atoms with E-state index < -0.39 is 0 Å². The first-order valence-corrected chi connectivity index (χ1v) is 8.82. The molecule has 0 radical (unpaired) electrons. The third-order valence-electron chi connectivity index (χ3n) is 5.17. The summed E-state index contributed by atoms with van der Waals surface area (Å²) >= 11 is 0. The van der Waals surface area contributed by atoms with Gasteiger partial charge in [0.15, 0.2) is 0 Å². The Hall–Kier alpha value is -0.860. The van der Waals surface area contributed by atoms with Crippen LogP contribution >= 0.6 is 0 Å². The fourth-order valence-corrected chi connectivity index (χ4v) is 3.76. The van der Waals surface area contributed by atoms with Crippen molar-refractivity contribution in [3.63, 3.8) is 0 Å². The first-order valence-electron chi connectivity index (χ1n) is 8.82. The zero-order valence-corrected chi connectivity index (χ0v) is 13.3. The molecule has 1 heterocycles. The molecule has 0 bridgehead atoms. The van der Waals surface area contributed by atoms with Crippen molar-refractivity contribution in [2.75, 3.05) is 13.2 Å². The summed E-state index contributed by atoms with van der Waals surface area (Å²) in [7, 11) is 0. The smallest absolute Gasteiger partial charge is 0.0576 e. The molecule has 2 atom stereocenters. The van der Waals surface area contributed by atoms with Crippen LogP contribution in [0.25, 0.3) is 0 Å². The Balaban J connectivity index is 1.69. The maximum absolute atomic E-state index is 5.80. The van der Waals surface area contributed by atoms with Gasteiger partial charge in [-0.25, -0.2) is 0 Å². The predicted molar refractivity (Wildman–Crippen MR) is 87.7 cm³/mol. The second kappa shape index (κ2) is 7.42. The monoisotopic (exact) mass is 287 g/mol. The Labute approximate surface area is 129 Å². The van der Waals surface area contributed by atoms with Crippen LogP contribution in [0.5, 0.6) is 0 Å². The Kier molecular flexibility index (Phi) is 5.32. The summed E-state index contributed by atoms with van der Waals surface area (Å²) in [5.41, 5.74) is 3.14. The number of rotatable bonds is 7. The first-order chi connectivity index (χ1) is 10.4. The van der Waals surface area contributed by atoms with Gasteiger partial charge in [0.2, 0.25) is 0 Å². The third-order valence-corrected chi connectivity index (χ3v) is 5.17. The molecule has 1 aliphatic heterocycles. The van der Waals surface area contributed by atoms with Crippen LogP contribution in [0.2, 0.25) is 0 Å². The molecule has 1 saturated carbocycles. The topological polar surface area (TPSA) is 21.3 Å². The van der Waals surface area contributed by atoms with Gasteiger partial charge in [-0.15, -0.1) is 0 Å². The van der Waals surface area contributed by atoms with Crippen LogP contribution in [0.3, 0.4) is 0 Å². The molecule has 2 heteroatoms. The number of hydrogen-bond donors (Lipinski definition) is 1. The molecule has 21 heavy (non-hydrogen) atoms. The minimum atomic E-state index is 0.496. The average molecular weight is 287 g/mol. The highest BCUT2D eigenvalue weighted by atomic mass is 16.5. The maximum Gasteiger partial charge on any atom is 0.0576 e. The first kappa shape index (κ1) is 15.1. The van der Waals surface area contributed by atoms with E-state index in [1.807, 2.05) is 0 Å². The Morgan fingerprint density at radius 1 is 1.19 bits per heavy atom. The highest BCUT2D eigenvalue weighted by molar-refractivity contribution is 5.34. The van der Waals surface area contributed by atoms with Crippen LogP contribution in [-0.4, -0.2) is 19.3 Å². The van der Waals surface area contributed by atoms with Crippen molar-refractivity contribution in [3.8, 4) is 0 Å². The predicted octanol–water partition coefficient (Wildman–Crippen LogP) is 4.56. The van der Waals surface area contributed by atoms with Gasteiger partial charge in [0, 0.05) is 12.6 Å². The number of ether oxygens (including phenoxy) is 1. The fourth-order valence-electron chi connectivity index (χ4n) is 3.76. The molecule has 2 aliphatic rings. The van der Waals surface area contributed by atoms with E-state index in [4.69, 9.17) is 4.74 Å². The maximum atomic E-state index is 5.80. The quantitative estimate of drug-likeness (QED) is 0.793. The largest absolute Gasteiger partial charge is 0.378 e. The Bertz CT molecular complexity index is 435. The van der Waals surface area contributed by atoms with E-state index in [2.05, 4.69) is 36.5 Å². The Morgan fingerprint density at radius 2 is 2.05 bits per heavy atom. The van der Waals surface area contributed by atoms with E-state index in [-0.39, 0.29) is 0 Å². The molecule has 1 N–H and O–H groups in total. The lowest BCUT2D eigenvalue weighted by Crippen LogP contribution is -2.25. The average Bonchev–Trinajstić information content (AvgIpc) is 2.96. The molecule has 2 nitrogen and oxygen atoms in total. The summed E-state index contributed by atoms with van der Waals surface area (Å²) < 4.78 is 5.80. The number of benzene rings is 1. The highest BCUT2D eigenvalue weighted by Gasteiger charge is 2.25. The fraction of sp³-hybridized carbons (Fsp3) is 0.684. The van der Waals surface area contributed by atoms with Crippen LogP contribution in [0, 0.1) is 0 Å². The van der Waals surface area contributed by atoms with Gasteiger partial charge in [-0.05, 0) is 62.1 Å². The van der Waals surface area contributed by atoms with Crippen molar-refractivity contribution >= 4 is 0 Å². The van der Waals surface area contributed by atoms with Crippen LogP contribution in [0.4, 0.5) is 0 Å². The van der Waals surface area contributed by atoms with E-state index in [1.54, 1.807) is 11.1 Å². The van der Waals surface area contributed by atoms with Crippen molar-refractivity contribution in [2.45, 2.75) is 69.9 Å². The van der Waals surface area contributed by atoms with Crippen LogP contribution < -0.4 is 5.32 Å². The molecule has 116 valence electrons. The molecule has 1 saturated heterocycles. The molecule has 0 amide bonds. The molecular weight excluding hydrogens is 258 g/mol. The van der Waals surface area contributed by atoms with E-state index >= 15 is 0 Å². The number of nitrogens with one attached hydrogen (secondary N) is 1. The minimum absolute atomic E-state index is 0.496. The van der Waals surface area contributed by atoms with Crippen molar-refractivity contribution in [1.29, 1.82) is 0 Å². The summed E-state index contributed by atoms with van der Waals surface area (Å²) in [6.45, 7) is 4.22. The Morgan fingerprint density at radius 3 is 2.71 bits per heavy atom. The summed E-state index contributed by atoms with van der Waals surface area (Å²) in [5.74, 6) is 0.810. The zero-order valence-electron chi connectivity index (χ0n) is 13.3. The summed E-state index contributed by atoms with van der Waals surface area (Å²) in [6, 6.07) is 9.61. The van der Waals surface area contributed by atoms with Gasteiger partial charge in [0.1, 0.15) is 0 Å². The molecule has 2 unspecified atom stereocenters. The van der Waals surface area contributed by atoms with Gasteiger partial charge in [-0.3, -0.25) is 0 Å². The van der Waals surface area contributed by atoms with Gasteiger partial charge in [0.25, 0.3) is 0 Å². The van der Waals surface area contributed by atoms with E-state index in [9.17, 15) is 0 Å². The standard InChI is InChI=1S/C19H29NO/c1-2-20-19(13-12-16-9-6-14-21-16)18-11-4-3-10-17(18)15-7-5-8-15/h3-4,10-11,15-16,19-20H,2,5-9,12-14H2,1H3. The normalized spacial score (nSPS) is 24.0. The lowest BCUT2D eigenvalue weighted by atomic mass is 9.76. The van der Waals surface area contributed by atoms with Gasteiger partial charge in [-0.2, -0.15) is 0 Å². The van der Waals surface area contributed by atoms with Gasteiger partial charge < -0.3 is 10.1 Å². The molecule has 3 rings (SSSR count). The van der Waals surface area contributed by atoms with Gasteiger partial charge in [0.05, 0.1) is 6.10 Å². The van der Waals surface area contributed by atoms with Crippen molar-refractivity contribution in [2.24, 2.45) is 0 Å². The molecule has 1 aliphatic carbocycles. The van der Waals surface area contributed by atoms with Crippen LogP contribution in [0.15, 0.2) is 24.3 Å². The van der Waals surface area contributed by atoms with Gasteiger partial charge in [-0.1, -0.05) is 37.6 Å². The molecule has 0 spiro atoms. The third kappa shape index (κ3) is 3.67. The summed E-state index contributed by atoms with van der Waals surface area (Å²) in [4.78, 5) is 0. The molecular formula is C19H29NO. The van der Waals surface area contributed by atoms with Crippen LogP contribution in [-0.2, 0) is 4.74 Å². The molecule has 1 aromatic rings. The van der Waals surface area contributed by atoms with Crippen molar-refractivity contribution < 1.29 is 4.74 Å². The highest BCUT2D eigenvalue weighted by Crippen LogP contribution is 2.40. The van der Waals surface area contributed by atoms with E-state index in [1.165, 1.54) is 44.9 Å². The number of hydrogen-bond acceptors (Lipinski definition) is 2. The van der Waals surface area contributed by atoms with Crippen molar-refractivity contribution in [3.05, 3.63) is 35.4 Å². The second-order valence-corrected chi connectivity index (χ2v) is 6.58. The SMILES string of the molecule is CCNC(CCC1CCCO1)c1ccccc1C1CCC1. The second-order valence-electron chi connectivity index (χ2n) is 6.58. The van der Waals surface area contributed by atoms with E-state index in [0.29, 0.717) is 12.1 Å². The minimum Gasteiger partial charge on any atom is -0.378 e. The lowest BCUT2D eigenvalue weighted by molar-refractivity contribution is 0.0996. The molecule has 1 aromatic carbocycles. The van der Waals surface area contributed by atoms with Crippen molar-refractivity contribution in [1.82, 2.24) is 5.32 Å². The summed E-state index contributed by atoms with van der Waals surface area (Å²) in [6.07, 6.45) is 9.54. The lowest BCUT2D eigenvalue weighted by Gasteiger charge is -2.31. The zero-order chi connectivity index (χ0) is 14.5. The molecule has 2 fully saturated rings. The van der Waals surface area contributed by atoms with Crippen LogP contribution in [0.1, 0.15) is 75.0 Å².